The van der Waals surface area contributed by atoms with Crippen molar-refractivity contribution < 1.29 is 14.0 Å². The molecule has 2 amide bonds. The van der Waals surface area contributed by atoms with Crippen molar-refractivity contribution in [2.45, 2.75) is 25.9 Å². The third-order valence-electron chi connectivity index (χ3n) is 4.39. The van der Waals surface area contributed by atoms with Gasteiger partial charge in [0.05, 0.1) is 19.4 Å². The number of anilines is 1. The highest BCUT2D eigenvalue weighted by molar-refractivity contribution is 7.09. The van der Waals surface area contributed by atoms with E-state index in [0.717, 1.165) is 21.9 Å². The van der Waals surface area contributed by atoms with E-state index < -0.39 is 0 Å². The molecular formula is C20H18N2O3S. The summed E-state index contributed by atoms with van der Waals surface area (Å²) in [5.74, 6) is 0.725. The maximum atomic E-state index is 13.1. The second-order valence-electron chi connectivity index (χ2n) is 6.24. The van der Waals surface area contributed by atoms with Crippen molar-refractivity contribution in [2.75, 3.05) is 5.32 Å². The molecule has 0 radical (unpaired) electrons. The lowest BCUT2D eigenvalue weighted by molar-refractivity contribution is -0.116. The van der Waals surface area contributed by atoms with Crippen molar-refractivity contribution in [2.24, 2.45) is 0 Å². The van der Waals surface area contributed by atoms with Gasteiger partial charge >= 0.3 is 0 Å². The topological polar surface area (TPSA) is 62.6 Å². The van der Waals surface area contributed by atoms with Gasteiger partial charge in [-0.2, -0.15) is 0 Å². The number of thiophene rings is 1. The molecule has 1 aliphatic rings. The zero-order valence-corrected chi connectivity index (χ0v) is 14.9. The summed E-state index contributed by atoms with van der Waals surface area (Å²) in [5, 5.41) is 4.86. The Balaban J connectivity index is 1.60. The minimum Gasteiger partial charge on any atom is -0.467 e. The number of nitrogens with one attached hydrogen (secondary N) is 1. The van der Waals surface area contributed by atoms with Crippen molar-refractivity contribution in [3.05, 3.63) is 75.9 Å². The summed E-state index contributed by atoms with van der Waals surface area (Å²) >= 11 is 1.63. The molecule has 4 rings (SSSR count). The molecule has 0 unspecified atom stereocenters. The Labute approximate surface area is 155 Å². The van der Waals surface area contributed by atoms with Crippen LogP contribution in [0.25, 0.3) is 0 Å². The fourth-order valence-electron chi connectivity index (χ4n) is 3.08. The second-order valence-corrected chi connectivity index (χ2v) is 7.27. The molecule has 132 valence electrons. The molecule has 26 heavy (non-hydrogen) atoms. The lowest BCUT2D eigenvalue weighted by atomic mass is 10.00. The predicted molar refractivity (Wildman–Crippen MR) is 100.0 cm³/mol. The van der Waals surface area contributed by atoms with Gasteiger partial charge in [0.25, 0.3) is 5.91 Å². The van der Waals surface area contributed by atoms with Crippen molar-refractivity contribution in [1.82, 2.24) is 4.90 Å². The van der Waals surface area contributed by atoms with E-state index in [1.165, 1.54) is 0 Å². The molecule has 0 spiro atoms. The van der Waals surface area contributed by atoms with Gasteiger partial charge in [-0.3, -0.25) is 9.59 Å². The first-order valence-electron chi connectivity index (χ1n) is 8.46. The molecule has 6 heteroatoms. The highest BCUT2D eigenvalue weighted by atomic mass is 32.1. The Kier molecular flexibility index (Phi) is 4.58. The van der Waals surface area contributed by atoms with Gasteiger partial charge in [-0.25, -0.2) is 0 Å². The first-order valence-corrected chi connectivity index (χ1v) is 9.34. The van der Waals surface area contributed by atoms with Crippen LogP contribution in [-0.4, -0.2) is 16.7 Å². The molecule has 0 saturated carbocycles. The molecule has 2 aromatic heterocycles. The summed E-state index contributed by atoms with van der Waals surface area (Å²) < 4.78 is 5.43. The van der Waals surface area contributed by atoms with E-state index in [1.54, 1.807) is 28.6 Å². The average Bonchev–Trinajstić information content (AvgIpc) is 3.34. The Morgan fingerprint density at radius 3 is 2.85 bits per heavy atom. The van der Waals surface area contributed by atoms with Crippen LogP contribution in [0.5, 0.6) is 0 Å². The fraction of sp³-hybridized carbons (Fsp3) is 0.200. The molecule has 0 fully saturated rings. The van der Waals surface area contributed by atoms with E-state index in [0.29, 0.717) is 31.5 Å². The molecule has 1 aromatic carbocycles. The van der Waals surface area contributed by atoms with E-state index in [4.69, 9.17) is 4.42 Å². The van der Waals surface area contributed by atoms with E-state index in [2.05, 4.69) is 5.32 Å². The van der Waals surface area contributed by atoms with Crippen molar-refractivity contribution in [3.8, 4) is 0 Å². The van der Waals surface area contributed by atoms with Crippen LogP contribution in [0.3, 0.4) is 0 Å². The van der Waals surface area contributed by atoms with Gasteiger partial charge in [-0.05, 0) is 53.8 Å². The number of aryl methyl sites for hydroxylation is 1. The van der Waals surface area contributed by atoms with Gasteiger partial charge in [0, 0.05) is 22.5 Å². The standard InChI is InChI=1S/C20H18N2O3S/c23-19-8-6-14-11-15(5-7-18(14)21-19)20(24)22(12-16-3-1-9-25-16)13-17-4-2-10-26-17/h1-5,7,9-11H,6,8,12-13H2,(H,21,23). The normalized spacial score (nSPS) is 13.2. The van der Waals surface area contributed by atoms with Crippen LogP contribution in [0.4, 0.5) is 5.69 Å². The lowest BCUT2D eigenvalue weighted by Crippen LogP contribution is -2.30. The predicted octanol–water partition coefficient (Wildman–Crippen LogP) is 4.07. The molecule has 1 aliphatic heterocycles. The minimum atomic E-state index is -0.0468. The van der Waals surface area contributed by atoms with Crippen LogP contribution < -0.4 is 5.32 Å². The maximum absolute atomic E-state index is 13.1. The van der Waals surface area contributed by atoms with Gasteiger partial charge in [-0.1, -0.05) is 6.07 Å². The maximum Gasteiger partial charge on any atom is 0.254 e. The molecule has 3 aromatic rings. The number of furan rings is 1. The minimum absolute atomic E-state index is 0.0220. The van der Waals surface area contributed by atoms with Crippen LogP contribution >= 0.6 is 11.3 Å². The zero-order chi connectivity index (χ0) is 17.9. The average molecular weight is 366 g/mol. The smallest absolute Gasteiger partial charge is 0.254 e. The van der Waals surface area contributed by atoms with Crippen molar-refractivity contribution in [3.63, 3.8) is 0 Å². The second kappa shape index (κ2) is 7.17. The first-order chi connectivity index (χ1) is 12.7. The number of nitrogens with zero attached hydrogens (tertiary/aromatic N) is 1. The van der Waals surface area contributed by atoms with Crippen LogP contribution in [-0.2, 0) is 24.3 Å². The van der Waals surface area contributed by atoms with E-state index in [1.807, 2.05) is 41.8 Å². The number of amides is 2. The number of fused-ring (bicyclic) bond motifs is 1. The Morgan fingerprint density at radius 1 is 1.15 bits per heavy atom. The summed E-state index contributed by atoms with van der Waals surface area (Å²) in [4.78, 5) is 27.6. The van der Waals surface area contributed by atoms with Crippen LogP contribution in [0.1, 0.15) is 33.0 Å². The van der Waals surface area contributed by atoms with Gasteiger partial charge in [0.15, 0.2) is 0 Å². The lowest BCUT2D eigenvalue weighted by Gasteiger charge is -2.23. The molecule has 1 N–H and O–H groups in total. The number of rotatable bonds is 5. The molecule has 0 atom stereocenters. The zero-order valence-electron chi connectivity index (χ0n) is 14.1. The molecule has 5 nitrogen and oxygen atoms in total. The summed E-state index contributed by atoms with van der Waals surface area (Å²) in [7, 11) is 0. The third-order valence-corrected chi connectivity index (χ3v) is 5.25. The number of carbonyl (C=O) groups is 2. The Hall–Kier alpha value is -2.86. The summed E-state index contributed by atoms with van der Waals surface area (Å²) in [6.07, 6.45) is 2.73. The highest BCUT2D eigenvalue weighted by Crippen LogP contribution is 2.25. The third kappa shape index (κ3) is 3.55. The van der Waals surface area contributed by atoms with E-state index >= 15 is 0 Å². The molecule has 0 bridgehead atoms. The summed E-state index contributed by atoms with van der Waals surface area (Å²) in [6.45, 7) is 0.947. The molecular weight excluding hydrogens is 348 g/mol. The first kappa shape index (κ1) is 16.6. The van der Waals surface area contributed by atoms with Crippen molar-refractivity contribution >= 4 is 28.8 Å². The largest absolute Gasteiger partial charge is 0.467 e. The van der Waals surface area contributed by atoms with Gasteiger partial charge in [0.2, 0.25) is 5.91 Å². The quantitative estimate of drug-likeness (QED) is 0.740. The Bertz CT molecular complexity index is 880. The number of benzene rings is 1. The summed E-state index contributed by atoms with van der Waals surface area (Å²) in [5.41, 5.74) is 2.43. The van der Waals surface area contributed by atoms with E-state index in [9.17, 15) is 9.59 Å². The van der Waals surface area contributed by atoms with Crippen LogP contribution in [0, 0.1) is 0 Å². The molecule has 0 saturated heterocycles. The Morgan fingerprint density at radius 2 is 2.08 bits per heavy atom. The van der Waals surface area contributed by atoms with E-state index in [-0.39, 0.29) is 11.8 Å². The number of carbonyl (C=O) groups excluding carboxylic acids is 2. The molecule has 3 heterocycles. The summed E-state index contributed by atoms with van der Waals surface area (Å²) in [6, 6.07) is 13.2. The highest BCUT2D eigenvalue weighted by Gasteiger charge is 2.21. The van der Waals surface area contributed by atoms with Gasteiger partial charge in [-0.15, -0.1) is 11.3 Å². The molecule has 0 aliphatic carbocycles. The van der Waals surface area contributed by atoms with Gasteiger partial charge < -0.3 is 14.6 Å². The van der Waals surface area contributed by atoms with Crippen molar-refractivity contribution in [1.29, 1.82) is 0 Å². The van der Waals surface area contributed by atoms with Crippen LogP contribution in [0.15, 0.2) is 58.5 Å². The number of hydrogen-bond donors (Lipinski definition) is 1. The van der Waals surface area contributed by atoms with Crippen LogP contribution in [0.2, 0.25) is 0 Å². The SMILES string of the molecule is O=C1CCc2cc(C(=O)N(Cc3ccco3)Cc3cccs3)ccc2N1. The monoisotopic (exact) mass is 366 g/mol. The fourth-order valence-corrected chi connectivity index (χ4v) is 3.80. The van der Waals surface area contributed by atoms with Gasteiger partial charge in [0.1, 0.15) is 5.76 Å². The number of hydrogen-bond acceptors (Lipinski definition) is 4.